The molecule has 0 saturated heterocycles. The van der Waals surface area contributed by atoms with Crippen molar-refractivity contribution in [3.05, 3.63) is 29.8 Å². The fourth-order valence-electron chi connectivity index (χ4n) is 1.92. The zero-order valence-electron chi connectivity index (χ0n) is 12.4. The van der Waals surface area contributed by atoms with Gasteiger partial charge in [0.05, 0.1) is 30.2 Å². The van der Waals surface area contributed by atoms with Gasteiger partial charge in [-0.05, 0) is 29.7 Å². The van der Waals surface area contributed by atoms with E-state index in [1.165, 1.54) is 24.3 Å². The van der Waals surface area contributed by atoms with Crippen molar-refractivity contribution in [1.29, 1.82) is 0 Å². The second kappa shape index (κ2) is 6.44. The average Bonchev–Trinajstić information content (AvgIpc) is 2.33. The Morgan fingerprint density at radius 3 is 2.10 bits per heavy atom. The molecule has 0 heterocycles. The number of aliphatic hydroxyl groups is 1. The molecule has 118 valence electrons. The maximum absolute atomic E-state index is 12.5. The van der Waals surface area contributed by atoms with E-state index in [1.54, 1.807) is 0 Å². The summed E-state index contributed by atoms with van der Waals surface area (Å²) in [6.07, 6.45) is 0. The Bertz CT molecular complexity index is 587. The van der Waals surface area contributed by atoms with Crippen molar-refractivity contribution in [3.63, 3.8) is 0 Å². The van der Waals surface area contributed by atoms with Gasteiger partial charge in [-0.1, -0.05) is 20.8 Å². The molecule has 0 atom stereocenters. The van der Waals surface area contributed by atoms with Crippen molar-refractivity contribution in [3.8, 4) is 0 Å². The molecule has 7 heteroatoms. The summed E-state index contributed by atoms with van der Waals surface area (Å²) < 4.78 is 26.0. The molecule has 0 aromatic heterocycles. The maximum atomic E-state index is 12.5. The van der Waals surface area contributed by atoms with Crippen LogP contribution in [0.5, 0.6) is 0 Å². The van der Waals surface area contributed by atoms with E-state index < -0.39 is 21.4 Å². The number of sulfonamides is 1. The molecule has 0 fully saturated rings. The summed E-state index contributed by atoms with van der Waals surface area (Å²) in [6, 6.07) is 5.54. The number of hydrogen-bond donors (Lipinski definition) is 2. The molecule has 0 aliphatic carbocycles. The maximum Gasteiger partial charge on any atom is 0.335 e. The normalized spacial score (nSPS) is 12.2. The minimum atomic E-state index is -3.60. The number of aliphatic hydroxyl groups excluding tert-OH is 1. The number of carbonyl (C=O) groups is 1. The van der Waals surface area contributed by atoms with Crippen LogP contribution in [0.4, 0.5) is 5.69 Å². The van der Waals surface area contributed by atoms with Crippen molar-refractivity contribution in [2.75, 3.05) is 23.2 Å². The molecule has 1 aromatic carbocycles. The van der Waals surface area contributed by atoms with Gasteiger partial charge in [0.25, 0.3) is 0 Å². The van der Waals surface area contributed by atoms with Crippen molar-refractivity contribution in [2.45, 2.75) is 20.8 Å². The summed E-state index contributed by atoms with van der Waals surface area (Å²) in [6.45, 7) is 5.06. The van der Waals surface area contributed by atoms with E-state index in [0.717, 1.165) is 4.31 Å². The lowest BCUT2D eigenvalue weighted by molar-refractivity contribution is 0.0697. The molecule has 0 spiro atoms. The van der Waals surface area contributed by atoms with Crippen molar-refractivity contribution in [2.24, 2.45) is 5.41 Å². The predicted molar refractivity (Wildman–Crippen MR) is 81.1 cm³/mol. The molecule has 0 radical (unpaired) electrons. The van der Waals surface area contributed by atoms with Gasteiger partial charge in [0.1, 0.15) is 0 Å². The van der Waals surface area contributed by atoms with Gasteiger partial charge in [-0.2, -0.15) is 0 Å². The molecule has 0 unspecified atom stereocenters. The topological polar surface area (TPSA) is 94.9 Å². The van der Waals surface area contributed by atoms with Gasteiger partial charge in [-0.3, -0.25) is 4.31 Å². The number of benzene rings is 1. The van der Waals surface area contributed by atoms with Gasteiger partial charge >= 0.3 is 5.97 Å². The van der Waals surface area contributed by atoms with Crippen LogP contribution in [0.2, 0.25) is 0 Å². The zero-order valence-corrected chi connectivity index (χ0v) is 13.2. The van der Waals surface area contributed by atoms with Crippen LogP contribution in [-0.4, -0.2) is 43.5 Å². The SMILES string of the molecule is CC(C)(C)CS(=O)(=O)N(CCO)c1ccc(C(=O)O)cc1. The Kier molecular flexibility index (Phi) is 5.36. The van der Waals surface area contributed by atoms with E-state index in [9.17, 15) is 13.2 Å². The van der Waals surface area contributed by atoms with E-state index in [1.807, 2.05) is 20.8 Å². The van der Waals surface area contributed by atoms with Gasteiger partial charge < -0.3 is 10.2 Å². The number of nitrogens with zero attached hydrogens (tertiary/aromatic N) is 1. The Balaban J connectivity index is 3.14. The van der Waals surface area contributed by atoms with E-state index >= 15 is 0 Å². The molecule has 2 N–H and O–H groups in total. The van der Waals surface area contributed by atoms with Crippen LogP contribution < -0.4 is 4.31 Å². The van der Waals surface area contributed by atoms with Crippen LogP contribution in [0.25, 0.3) is 0 Å². The van der Waals surface area contributed by atoms with Gasteiger partial charge in [0, 0.05) is 0 Å². The highest BCUT2D eigenvalue weighted by molar-refractivity contribution is 7.92. The van der Waals surface area contributed by atoms with Crippen LogP contribution in [-0.2, 0) is 10.0 Å². The summed E-state index contributed by atoms with van der Waals surface area (Å²) in [5, 5.41) is 18.0. The monoisotopic (exact) mass is 315 g/mol. The number of aromatic carboxylic acids is 1. The van der Waals surface area contributed by atoms with Gasteiger partial charge in [-0.25, -0.2) is 13.2 Å². The van der Waals surface area contributed by atoms with E-state index in [0.29, 0.717) is 5.69 Å². The lowest BCUT2D eigenvalue weighted by atomic mass is 10.0. The molecule has 6 nitrogen and oxygen atoms in total. The molecular formula is C14H21NO5S. The molecule has 0 saturated carbocycles. The van der Waals surface area contributed by atoms with Crippen molar-refractivity contribution in [1.82, 2.24) is 0 Å². The summed E-state index contributed by atoms with van der Waals surface area (Å²) in [7, 11) is -3.60. The molecule has 21 heavy (non-hydrogen) atoms. The molecule has 0 amide bonds. The Labute approximate surface area is 125 Å². The highest BCUT2D eigenvalue weighted by atomic mass is 32.2. The molecule has 0 aliphatic rings. The lowest BCUT2D eigenvalue weighted by Crippen LogP contribution is -2.38. The number of anilines is 1. The second-order valence-electron chi connectivity index (χ2n) is 5.96. The second-order valence-corrected chi connectivity index (χ2v) is 7.86. The molecule has 1 aromatic rings. The summed E-state index contributed by atoms with van der Waals surface area (Å²) in [5.74, 6) is -1.14. The van der Waals surface area contributed by atoms with Gasteiger partial charge in [0.2, 0.25) is 10.0 Å². The first-order chi connectivity index (χ1) is 9.57. The number of hydrogen-bond acceptors (Lipinski definition) is 4. The smallest absolute Gasteiger partial charge is 0.335 e. The first-order valence-corrected chi connectivity index (χ1v) is 8.12. The molecular weight excluding hydrogens is 294 g/mol. The largest absolute Gasteiger partial charge is 0.478 e. The lowest BCUT2D eigenvalue weighted by Gasteiger charge is -2.28. The fourth-order valence-corrected chi connectivity index (χ4v) is 3.97. The Hall–Kier alpha value is -1.60. The fraction of sp³-hybridized carbons (Fsp3) is 0.500. The standard InChI is InChI=1S/C14H21NO5S/c1-14(2,3)10-21(19,20)15(8-9-16)12-6-4-11(5-7-12)13(17)18/h4-7,16H,8-10H2,1-3H3,(H,17,18). The summed E-state index contributed by atoms with van der Waals surface area (Å²) in [5.41, 5.74) is 0.00213. The molecule has 0 aliphatic heterocycles. The van der Waals surface area contributed by atoms with E-state index in [-0.39, 0.29) is 24.5 Å². The summed E-state index contributed by atoms with van der Waals surface area (Å²) >= 11 is 0. The van der Waals surface area contributed by atoms with Crippen LogP contribution in [0.15, 0.2) is 24.3 Å². The first-order valence-electron chi connectivity index (χ1n) is 6.51. The highest BCUT2D eigenvalue weighted by Gasteiger charge is 2.28. The van der Waals surface area contributed by atoms with Crippen LogP contribution in [0.1, 0.15) is 31.1 Å². The predicted octanol–water partition coefficient (Wildman–Crippen LogP) is 1.56. The third-order valence-electron chi connectivity index (χ3n) is 2.66. The van der Waals surface area contributed by atoms with E-state index in [4.69, 9.17) is 10.2 Å². The molecule has 1 rings (SSSR count). The van der Waals surface area contributed by atoms with Crippen LogP contribution in [0, 0.1) is 5.41 Å². The third kappa shape index (κ3) is 5.02. The Morgan fingerprint density at radius 2 is 1.71 bits per heavy atom. The van der Waals surface area contributed by atoms with Crippen LogP contribution in [0.3, 0.4) is 0 Å². The zero-order chi connectivity index (χ0) is 16.3. The quantitative estimate of drug-likeness (QED) is 0.830. The minimum absolute atomic E-state index is 0.0647. The number of rotatable bonds is 6. The minimum Gasteiger partial charge on any atom is -0.478 e. The highest BCUT2D eigenvalue weighted by Crippen LogP contribution is 2.24. The average molecular weight is 315 g/mol. The third-order valence-corrected chi connectivity index (χ3v) is 4.95. The van der Waals surface area contributed by atoms with Crippen molar-refractivity contribution >= 4 is 21.7 Å². The summed E-state index contributed by atoms with van der Waals surface area (Å²) in [4.78, 5) is 10.8. The van der Waals surface area contributed by atoms with Gasteiger partial charge in [0.15, 0.2) is 0 Å². The first kappa shape index (κ1) is 17.5. The molecule has 0 bridgehead atoms. The van der Waals surface area contributed by atoms with E-state index in [2.05, 4.69) is 0 Å². The van der Waals surface area contributed by atoms with Crippen molar-refractivity contribution < 1.29 is 23.4 Å². The number of carboxylic acid groups (broad SMARTS) is 1. The van der Waals surface area contributed by atoms with Crippen LogP contribution >= 0.6 is 0 Å². The van der Waals surface area contributed by atoms with Gasteiger partial charge in [-0.15, -0.1) is 0 Å². The number of carboxylic acids is 1. The Morgan fingerprint density at radius 1 is 1.19 bits per heavy atom.